The Labute approximate surface area is 110 Å². The molecule has 5 rings (SSSR count). The van der Waals surface area contributed by atoms with E-state index in [0.717, 1.165) is 0 Å². The third-order valence-corrected chi connectivity index (χ3v) is 4.19. The van der Waals surface area contributed by atoms with Crippen LogP contribution < -0.4 is 0 Å². The molecule has 0 atom stereocenters. The maximum Gasteiger partial charge on any atom is 0.0534 e. The summed E-state index contributed by atoms with van der Waals surface area (Å²) in [6, 6.07) is 19.8. The Kier molecular flexibility index (Phi) is 1.52. The Morgan fingerprint density at radius 1 is 0.684 bits per heavy atom. The molecule has 0 bridgehead atoms. The molecule has 19 heavy (non-hydrogen) atoms. The normalized spacial score (nSPS) is 12.2. The van der Waals surface area contributed by atoms with Gasteiger partial charge < -0.3 is 4.98 Å². The minimum Gasteiger partial charge on any atom is -0.361 e. The standard InChI is InChI=1S/C18H11N/c1-2-5-13-12(4-1)14-6-3-7-15-17(14)16(13)10-11-8-9-19-18(11)15/h1-10,19H. The van der Waals surface area contributed by atoms with Crippen LogP contribution in [0.15, 0.2) is 60.8 Å². The molecule has 1 N–H and O–H groups in total. The summed E-state index contributed by atoms with van der Waals surface area (Å²) in [5, 5.41) is 4.00. The summed E-state index contributed by atoms with van der Waals surface area (Å²) >= 11 is 0. The van der Waals surface area contributed by atoms with Gasteiger partial charge in [0.2, 0.25) is 0 Å². The Morgan fingerprint density at radius 2 is 1.47 bits per heavy atom. The lowest BCUT2D eigenvalue weighted by Crippen LogP contribution is -1.78. The lowest BCUT2D eigenvalue weighted by Gasteiger charge is -2.04. The smallest absolute Gasteiger partial charge is 0.0534 e. The van der Waals surface area contributed by atoms with Crippen molar-refractivity contribution in [1.29, 1.82) is 0 Å². The number of nitrogens with one attached hydrogen (secondary N) is 1. The zero-order valence-electron chi connectivity index (χ0n) is 10.3. The van der Waals surface area contributed by atoms with Crippen LogP contribution in [0.5, 0.6) is 0 Å². The number of hydrogen-bond donors (Lipinski definition) is 1. The molecule has 88 valence electrons. The van der Waals surface area contributed by atoms with Crippen molar-refractivity contribution in [1.82, 2.24) is 4.98 Å². The van der Waals surface area contributed by atoms with E-state index in [4.69, 9.17) is 0 Å². The van der Waals surface area contributed by atoms with Gasteiger partial charge in [-0.25, -0.2) is 0 Å². The van der Waals surface area contributed by atoms with Gasteiger partial charge in [0.25, 0.3) is 0 Å². The van der Waals surface area contributed by atoms with Crippen LogP contribution in [-0.4, -0.2) is 4.98 Å². The van der Waals surface area contributed by atoms with E-state index in [1.165, 1.54) is 43.9 Å². The second-order valence-corrected chi connectivity index (χ2v) is 5.14. The Bertz CT molecular complexity index is 960. The van der Waals surface area contributed by atoms with Gasteiger partial charge in [-0.05, 0) is 39.8 Å². The fraction of sp³-hybridized carbons (Fsp3) is 0. The van der Waals surface area contributed by atoms with Crippen molar-refractivity contribution in [3.05, 3.63) is 60.8 Å². The summed E-state index contributed by atoms with van der Waals surface area (Å²) in [6.07, 6.45) is 2.02. The molecular weight excluding hydrogens is 230 g/mol. The van der Waals surface area contributed by atoms with Crippen molar-refractivity contribution in [2.45, 2.75) is 0 Å². The summed E-state index contributed by atoms with van der Waals surface area (Å²) in [5.41, 5.74) is 6.69. The molecule has 1 aliphatic carbocycles. The first-order chi connectivity index (χ1) is 9.43. The lowest BCUT2D eigenvalue weighted by atomic mass is 10.0. The van der Waals surface area contributed by atoms with Gasteiger partial charge in [0.1, 0.15) is 0 Å². The minimum absolute atomic E-state index is 1.24. The number of fused-ring (bicyclic) bond motifs is 5. The second kappa shape index (κ2) is 3.07. The number of aromatic amines is 1. The summed E-state index contributed by atoms with van der Waals surface area (Å²) in [6.45, 7) is 0. The highest BCUT2D eigenvalue weighted by Crippen LogP contribution is 2.48. The topological polar surface area (TPSA) is 15.8 Å². The molecule has 0 amide bonds. The third kappa shape index (κ3) is 1.02. The maximum absolute atomic E-state index is 3.37. The quantitative estimate of drug-likeness (QED) is 0.394. The lowest BCUT2D eigenvalue weighted by molar-refractivity contribution is 1.49. The number of rotatable bonds is 0. The average molecular weight is 241 g/mol. The first kappa shape index (κ1) is 9.40. The van der Waals surface area contributed by atoms with Crippen molar-refractivity contribution < 1.29 is 0 Å². The molecule has 1 heterocycles. The van der Waals surface area contributed by atoms with Gasteiger partial charge >= 0.3 is 0 Å². The number of aromatic nitrogens is 1. The van der Waals surface area contributed by atoms with Crippen molar-refractivity contribution in [3.63, 3.8) is 0 Å². The molecule has 1 aromatic heterocycles. The molecule has 4 aromatic rings. The molecule has 0 unspecified atom stereocenters. The first-order valence-electron chi connectivity index (χ1n) is 6.56. The van der Waals surface area contributed by atoms with Crippen LogP contribution in [0.3, 0.4) is 0 Å². The molecule has 0 saturated carbocycles. The van der Waals surface area contributed by atoms with E-state index in [1.54, 1.807) is 0 Å². The van der Waals surface area contributed by atoms with Crippen LogP contribution in [0.1, 0.15) is 0 Å². The molecule has 3 aromatic carbocycles. The van der Waals surface area contributed by atoms with E-state index >= 15 is 0 Å². The Morgan fingerprint density at radius 3 is 2.37 bits per heavy atom. The van der Waals surface area contributed by atoms with Crippen molar-refractivity contribution in [2.75, 3.05) is 0 Å². The molecule has 1 aliphatic rings. The third-order valence-electron chi connectivity index (χ3n) is 4.19. The molecule has 0 aliphatic heterocycles. The van der Waals surface area contributed by atoms with Gasteiger partial charge in [-0.15, -0.1) is 0 Å². The predicted octanol–water partition coefficient (Wildman–Crippen LogP) is 4.97. The molecule has 0 fully saturated rings. The molecule has 1 nitrogen and oxygen atoms in total. The average Bonchev–Trinajstić information content (AvgIpc) is 3.05. The molecular formula is C18H11N. The number of H-pyrrole nitrogens is 1. The van der Waals surface area contributed by atoms with Crippen LogP contribution in [0.25, 0.3) is 43.9 Å². The van der Waals surface area contributed by atoms with Crippen LogP contribution >= 0.6 is 0 Å². The molecule has 0 saturated heterocycles. The van der Waals surface area contributed by atoms with Crippen LogP contribution in [-0.2, 0) is 0 Å². The van der Waals surface area contributed by atoms with Crippen LogP contribution in [0, 0.1) is 0 Å². The van der Waals surface area contributed by atoms with Crippen LogP contribution in [0.4, 0.5) is 0 Å². The number of benzene rings is 3. The Balaban J connectivity index is 2.14. The fourth-order valence-electron chi connectivity index (χ4n) is 3.40. The summed E-state index contributed by atoms with van der Waals surface area (Å²) in [7, 11) is 0. The van der Waals surface area contributed by atoms with Gasteiger partial charge in [0.15, 0.2) is 0 Å². The Hall–Kier alpha value is -2.54. The van der Waals surface area contributed by atoms with Crippen molar-refractivity contribution in [2.24, 2.45) is 0 Å². The highest BCUT2D eigenvalue weighted by molar-refractivity contribution is 6.22. The molecule has 1 heteroatoms. The summed E-state index contributed by atoms with van der Waals surface area (Å²) < 4.78 is 0. The van der Waals surface area contributed by atoms with Gasteiger partial charge in [0.05, 0.1) is 5.52 Å². The zero-order valence-corrected chi connectivity index (χ0v) is 10.3. The summed E-state index contributed by atoms with van der Waals surface area (Å²) in [5.74, 6) is 0. The van der Waals surface area contributed by atoms with Crippen LogP contribution in [0.2, 0.25) is 0 Å². The van der Waals surface area contributed by atoms with E-state index in [2.05, 4.69) is 59.6 Å². The van der Waals surface area contributed by atoms with E-state index in [-0.39, 0.29) is 0 Å². The number of hydrogen-bond acceptors (Lipinski definition) is 0. The van der Waals surface area contributed by atoms with Gasteiger partial charge in [0, 0.05) is 17.0 Å². The zero-order chi connectivity index (χ0) is 12.4. The largest absolute Gasteiger partial charge is 0.361 e. The maximum atomic E-state index is 3.37. The first-order valence-corrected chi connectivity index (χ1v) is 6.56. The SMILES string of the molecule is c1ccc2c(c1)-c1cccc3c1c-2cc1cc[nH]c13. The van der Waals surface area contributed by atoms with Crippen molar-refractivity contribution in [3.8, 4) is 22.3 Å². The van der Waals surface area contributed by atoms with E-state index < -0.39 is 0 Å². The predicted molar refractivity (Wildman–Crippen MR) is 80.2 cm³/mol. The highest BCUT2D eigenvalue weighted by atomic mass is 14.7. The monoisotopic (exact) mass is 241 g/mol. The summed E-state index contributed by atoms with van der Waals surface area (Å²) in [4.78, 5) is 3.37. The van der Waals surface area contributed by atoms with Gasteiger partial charge in [-0.3, -0.25) is 0 Å². The second-order valence-electron chi connectivity index (χ2n) is 5.14. The van der Waals surface area contributed by atoms with E-state index in [1.807, 2.05) is 6.20 Å². The van der Waals surface area contributed by atoms with Gasteiger partial charge in [-0.2, -0.15) is 0 Å². The highest BCUT2D eigenvalue weighted by Gasteiger charge is 2.21. The minimum atomic E-state index is 1.24. The van der Waals surface area contributed by atoms with Gasteiger partial charge in [-0.1, -0.05) is 42.5 Å². The molecule has 0 radical (unpaired) electrons. The van der Waals surface area contributed by atoms with E-state index in [9.17, 15) is 0 Å². The molecule has 0 spiro atoms. The van der Waals surface area contributed by atoms with Crippen molar-refractivity contribution >= 4 is 21.7 Å². The van der Waals surface area contributed by atoms with E-state index in [0.29, 0.717) is 0 Å². The fourth-order valence-corrected chi connectivity index (χ4v) is 3.40.